The zero-order chi connectivity index (χ0) is 21.3. The molecule has 0 saturated heterocycles. The van der Waals surface area contributed by atoms with Gasteiger partial charge in [-0.15, -0.1) is 11.3 Å². The Hall–Kier alpha value is -2.48. The molecule has 1 aliphatic carbocycles. The molecule has 0 radical (unpaired) electrons. The molecular formula is C22H28FN3O3S. The molecule has 1 aliphatic rings. The average molecular weight is 434 g/mol. The second kappa shape index (κ2) is 11.1. The Kier molecular flexibility index (Phi) is 8.19. The van der Waals surface area contributed by atoms with E-state index < -0.39 is 5.82 Å². The van der Waals surface area contributed by atoms with E-state index in [0.717, 1.165) is 38.5 Å². The molecule has 1 aromatic heterocycles. The third-order valence-corrected chi connectivity index (χ3v) is 5.98. The van der Waals surface area contributed by atoms with Gasteiger partial charge in [-0.2, -0.15) is 0 Å². The van der Waals surface area contributed by atoms with Crippen LogP contribution in [0.5, 0.6) is 5.75 Å². The predicted octanol–water partition coefficient (Wildman–Crippen LogP) is 4.21. The van der Waals surface area contributed by atoms with E-state index in [1.54, 1.807) is 23.6 Å². The largest absolute Gasteiger partial charge is 0.483 e. The van der Waals surface area contributed by atoms with Crippen LogP contribution in [0.3, 0.4) is 0 Å². The van der Waals surface area contributed by atoms with Gasteiger partial charge in [0.25, 0.3) is 5.91 Å². The maximum absolute atomic E-state index is 13.6. The van der Waals surface area contributed by atoms with Gasteiger partial charge >= 0.3 is 0 Å². The van der Waals surface area contributed by atoms with Crippen LogP contribution >= 0.6 is 11.3 Å². The lowest BCUT2D eigenvalue weighted by molar-refractivity contribution is -0.122. The van der Waals surface area contributed by atoms with Crippen molar-refractivity contribution in [3.8, 4) is 5.75 Å². The molecule has 30 heavy (non-hydrogen) atoms. The van der Waals surface area contributed by atoms with Crippen molar-refractivity contribution in [3.05, 3.63) is 46.2 Å². The minimum absolute atomic E-state index is 0.0844. The lowest BCUT2D eigenvalue weighted by Crippen LogP contribution is -2.43. The zero-order valence-electron chi connectivity index (χ0n) is 17.2. The van der Waals surface area contributed by atoms with E-state index in [1.807, 2.05) is 0 Å². The molecule has 0 bridgehead atoms. The van der Waals surface area contributed by atoms with Crippen molar-refractivity contribution in [3.63, 3.8) is 0 Å². The topological polar surface area (TPSA) is 80.3 Å². The zero-order valence-corrected chi connectivity index (χ0v) is 18.0. The highest BCUT2D eigenvalue weighted by Crippen LogP contribution is 2.21. The van der Waals surface area contributed by atoms with Crippen LogP contribution in [0.2, 0.25) is 0 Å². The molecule has 1 fully saturated rings. The molecule has 8 heteroatoms. The van der Waals surface area contributed by atoms with E-state index in [9.17, 15) is 14.0 Å². The molecule has 1 aromatic carbocycles. The molecule has 0 aliphatic heterocycles. The van der Waals surface area contributed by atoms with Gasteiger partial charge in [-0.05, 0) is 44.2 Å². The van der Waals surface area contributed by atoms with Gasteiger partial charge in [-0.25, -0.2) is 9.37 Å². The number of benzene rings is 1. The molecule has 0 spiro atoms. The van der Waals surface area contributed by atoms with Crippen LogP contribution < -0.4 is 15.4 Å². The summed E-state index contributed by atoms with van der Waals surface area (Å²) in [5.41, 5.74) is 0.349. The molecule has 162 valence electrons. The van der Waals surface area contributed by atoms with E-state index >= 15 is 0 Å². The fourth-order valence-corrected chi connectivity index (χ4v) is 4.15. The third kappa shape index (κ3) is 6.52. The highest BCUT2D eigenvalue weighted by molar-refractivity contribution is 7.09. The molecule has 1 saturated carbocycles. The third-order valence-electron chi connectivity index (χ3n) is 5.16. The minimum Gasteiger partial charge on any atom is -0.483 e. The van der Waals surface area contributed by atoms with Gasteiger partial charge < -0.3 is 15.4 Å². The van der Waals surface area contributed by atoms with Gasteiger partial charge in [-0.1, -0.05) is 25.5 Å². The van der Waals surface area contributed by atoms with Crippen LogP contribution in [-0.4, -0.2) is 28.9 Å². The van der Waals surface area contributed by atoms with Crippen LogP contribution in [0.15, 0.2) is 29.6 Å². The van der Waals surface area contributed by atoms with Crippen LogP contribution in [0.1, 0.15) is 67.4 Å². The second-order valence-electron chi connectivity index (χ2n) is 7.54. The summed E-state index contributed by atoms with van der Waals surface area (Å²) in [6.45, 7) is 2.18. The number of amides is 2. The Morgan fingerprint density at radius 3 is 2.57 bits per heavy atom. The molecule has 2 amide bonds. The van der Waals surface area contributed by atoms with Crippen LogP contribution in [0.25, 0.3) is 0 Å². The summed E-state index contributed by atoms with van der Waals surface area (Å²) < 4.78 is 19.0. The summed E-state index contributed by atoms with van der Waals surface area (Å²) in [5.74, 6) is -0.350. The van der Waals surface area contributed by atoms with Crippen molar-refractivity contribution in [2.75, 3.05) is 0 Å². The van der Waals surface area contributed by atoms with Gasteiger partial charge in [0.15, 0.2) is 11.6 Å². The summed E-state index contributed by atoms with van der Waals surface area (Å²) in [4.78, 5) is 28.7. The van der Waals surface area contributed by atoms with Gasteiger partial charge in [-0.3, -0.25) is 9.59 Å². The quantitative estimate of drug-likeness (QED) is 0.621. The number of carbonyl (C=O) groups is 2. The first-order chi connectivity index (χ1) is 14.5. The predicted molar refractivity (Wildman–Crippen MR) is 114 cm³/mol. The number of hydrogen-bond donors (Lipinski definition) is 2. The maximum Gasteiger partial charge on any atom is 0.270 e. The number of carbonyl (C=O) groups excluding carboxylic acids is 2. The maximum atomic E-state index is 13.6. The van der Waals surface area contributed by atoms with Crippen molar-refractivity contribution in [1.29, 1.82) is 0 Å². The Labute approximate surface area is 180 Å². The Morgan fingerprint density at radius 1 is 1.17 bits per heavy atom. The number of halogens is 1. The fraction of sp³-hybridized carbons (Fsp3) is 0.500. The SMILES string of the molecule is CCCCC(=O)NC1CCC(NC(=O)c2csc(COc3ccccc3F)n2)CC1. The molecule has 2 aromatic rings. The smallest absolute Gasteiger partial charge is 0.270 e. The summed E-state index contributed by atoms with van der Waals surface area (Å²) in [7, 11) is 0. The minimum atomic E-state index is -0.427. The number of unbranched alkanes of at least 4 members (excludes halogenated alkanes) is 1. The molecule has 0 unspecified atom stereocenters. The first kappa shape index (κ1) is 22.2. The summed E-state index contributed by atoms with van der Waals surface area (Å²) in [6.07, 6.45) is 5.90. The number of aromatic nitrogens is 1. The summed E-state index contributed by atoms with van der Waals surface area (Å²) in [6, 6.07) is 6.47. The Morgan fingerprint density at radius 2 is 1.87 bits per heavy atom. The highest BCUT2D eigenvalue weighted by Gasteiger charge is 2.24. The van der Waals surface area contributed by atoms with Crippen molar-refractivity contribution in [2.24, 2.45) is 0 Å². The van der Waals surface area contributed by atoms with Crippen molar-refractivity contribution in [2.45, 2.75) is 70.6 Å². The lowest BCUT2D eigenvalue weighted by Gasteiger charge is -2.29. The van der Waals surface area contributed by atoms with Gasteiger partial charge in [0.1, 0.15) is 17.3 Å². The van der Waals surface area contributed by atoms with Crippen molar-refractivity contribution in [1.82, 2.24) is 15.6 Å². The van der Waals surface area contributed by atoms with E-state index in [0.29, 0.717) is 17.1 Å². The number of ether oxygens (including phenoxy) is 1. The van der Waals surface area contributed by atoms with Crippen LogP contribution in [-0.2, 0) is 11.4 Å². The average Bonchev–Trinajstić information content (AvgIpc) is 3.22. The summed E-state index contributed by atoms with van der Waals surface area (Å²) in [5, 5.41) is 8.42. The number of thiazole rings is 1. The first-order valence-electron chi connectivity index (χ1n) is 10.5. The first-order valence-corrected chi connectivity index (χ1v) is 11.3. The molecular weight excluding hydrogens is 405 g/mol. The molecule has 1 heterocycles. The number of para-hydroxylation sites is 1. The lowest BCUT2D eigenvalue weighted by atomic mass is 9.91. The monoisotopic (exact) mass is 433 g/mol. The number of nitrogens with one attached hydrogen (secondary N) is 2. The van der Waals surface area contributed by atoms with Gasteiger partial charge in [0.05, 0.1) is 0 Å². The van der Waals surface area contributed by atoms with E-state index in [1.165, 1.54) is 17.4 Å². The molecule has 2 N–H and O–H groups in total. The van der Waals surface area contributed by atoms with E-state index in [2.05, 4.69) is 22.5 Å². The standard InChI is InChI=1S/C22H28FN3O3S/c1-2-3-8-20(27)24-15-9-11-16(12-10-15)25-22(28)18-14-30-21(26-18)13-29-19-7-5-4-6-17(19)23/h4-7,14-16H,2-3,8-13H2,1H3,(H,24,27)(H,25,28). The second-order valence-corrected chi connectivity index (χ2v) is 8.48. The summed E-state index contributed by atoms with van der Waals surface area (Å²) >= 11 is 1.31. The van der Waals surface area contributed by atoms with Crippen molar-refractivity contribution < 1.29 is 18.7 Å². The highest BCUT2D eigenvalue weighted by atomic mass is 32.1. The normalized spacial score (nSPS) is 18.6. The Bertz CT molecular complexity index is 850. The molecule has 0 atom stereocenters. The van der Waals surface area contributed by atoms with Crippen LogP contribution in [0.4, 0.5) is 4.39 Å². The number of nitrogens with zero attached hydrogens (tertiary/aromatic N) is 1. The van der Waals surface area contributed by atoms with Crippen molar-refractivity contribution >= 4 is 23.2 Å². The van der Waals surface area contributed by atoms with Gasteiger partial charge in [0.2, 0.25) is 5.91 Å². The fourth-order valence-electron chi connectivity index (χ4n) is 3.46. The number of rotatable bonds is 9. The van der Waals surface area contributed by atoms with Gasteiger partial charge in [0, 0.05) is 23.9 Å². The Balaban J connectivity index is 1.41. The molecule has 3 rings (SSSR count). The number of hydrogen-bond acceptors (Lipinski definition) is 5. The van der Waals surface area contributed by atoms with E-state index in [4.69, 9.17) is 4.74 Å². The molecule has 6 nitrogen and oxygen atoms in total. The van der Waals surface area contributed by atoms with E-state index in [-0.39, 0.29) is 36.3 Å². The van der Waals surface area contributed by atoms with Crippen LogP contribution in [0, 0.1) is 5.82 Å².